The fourth-order valence-electron chi connectivity index (χ4n) is 4.19. The first kappa shape index (κ1) is 25.4. The van der Waals surface area contributed by atoms with Gasteiger partial charge in [-0.3, -0.25) is 19.3 Å². The first-order chi connectivity index (χ1) is 17.8. The van der Waals surface area contributed by atoms with Crippen LogP contribution in [0.1, 0.15) is 46.3 Å². The lowest BCUT2D eigenvalue weighted by Crippen LogP contribution is -2.42. The number of rotatable bonds is 10. The number of nitrogens with one attached hydrogen (secondary N) is 1. The smallest absolute Gasteiger partial charge is 0.305 e. The number of carbonyl (C=O) groups excluding carboxylic acids is 2. The number of carboxylic acid groups (broad SMARTS) is 1. The molecular weight excluding hydrogens is 472 g/mol. The molecule has 0 aliphatic carbocycles. The van der Waals surface area contributed by atoms with E-state index in [2.05, 4.69) is 10.3 Å². The van der Waals surface area contributed by atoms with Crippen molar-refractivity contribution in [3.05, 3.63) is 83.8 Å². The second-order valence-corrected chi connectivity index (χ2v) is 8.61. The van der Waals surface area contributed by atoms with Crippen LogP contribution in [0.3, 0.4) is 0 Å². The van der Waals surface area contributed by atoms with Crippen molar-refractivity contribution in [1.29, 1.82) is 0 Å². The van der Waals surface area contributed by atoms with E-state index in [1.54, 1.807) is 60.8 Å². The second kappa shape index (κ2) is 10.9. The summed E-state index contributed by atoms with van der Waals surface area (Å²) in [5.41, 5.74) is 8.41. The Hall–Kier alpha value is -4.73. The highest BCUT2D eigenvalue weighted by Gasteiger charge is 2.28. The van der Waals surface area contributed by atoms with Crippen LogP contribution in [0, 0.1) is 0 Å². The van der Waals surface area contributed by atoms with E-state index in [0.717, 1.165) is 17.0 Å². The largest absolute Gasteiger partial charge is 0.481 e. The van der Waals surface area contributed by atoms with Gasteiger partial charge in [0.15, 0.2) is 0 Å². The Kier molecular flexibility index (Phi) is 7.47. The summed E-state index contributed by atoms with van der Waals surface area (Å²) in [5, 5.41) is 12.7. The normalized spacial score (nSPS) is 11.7. The summed E-state index contributed by atoms with van der Waals surface area (Å²) in [6, 6.07) is 16.8. The Labute approximate surface area is 213 Å². The monoisotopic (exact) mass is 500 g/mol. The summed E-state index contributed by atoms with van der Waals surface area (Å²) >= 11 is 0. The minimum absolute atomic E-state index is 0.194. The van der Waals surface area contributed by atoms with E-state index in [0.29, 0.717) is 35.4 Å². The number of aromatic nitrogens is 3. The molecule has 1 unspecified atom stereocenters. The van der Waals surface area contributed by atoms with Crippen molar-refractivity contribution < 1.29 is 19.5 Å². The van der Waals surface area contributed by atoms with Crippen LogP contribution in [0.15, 0.2) is 66.9 Å². The van der Waals surface area contributed by atoms with Crippen LogP contribution in [0.4, 0.5) is 11.5 Å². The highest BCUT2D eigenvalue weighted by Crippen LogP contribution is 2.24. The number of hydrogen-bond donors (Lipinski definition) is 3. The summed E-state index contributed by atoms with van der Waals surface area (Å²) in [5.74, 6) is -0.663. The predicted octanol–water partition coefficient (Wildman–Crippen LogP) is 3.58. The topological polar surface area (TPSA) is 143 Å². The SMILES string of the molecule is CCC(CC(=O)O)N(C(=O)c1ccc2c(c1)nc(CNc1ccc(C(N)=O)cc1)n2C)c1ccccn1. The van der Waals surface area contributed by atoms with Crippen molar-refractivity contribution in [2.75, 3.05) is 10.2 Å². The van der Waals surface area contributed by atoms with Crippen LogP contribution >= 0.6 is 0 Å². The third kappa shape index (κ3) is 5.58. The maximum absolute atomic E-state index is 13.7. The zero-order valence-electron chi connectivity index (χ0n) is 20.6. The van der Waals surface area contributed by atoms with Crippen molar-refractivity contribution in [3.8, 4) is 0 Å². The molecule has 10 nitrogen and oxygen atoms in total. The fraction of sp³-hybridized carbons (Fsp3) is 0.222. The van der Waals surface area contributed by atoms with E-state index in [1.807, 2.05) is 24.6 Å². The van der Waals surface area contributed by atoms with Gasteiger partial charge in [-0.05, 0) is 61.0 Å². The van der Waals surface area contributed by atoms with Crippen molar-refractivity contribution in [2.45, 2.75) is 32.4 Å². The van der Waals surface area contributed by atoms with E-state index >= 15 is 0 Å². The molecule has 4 N–H and O–H groups in total. The van der Waals surface area contributed by atoms with E-state index in [9.17, 15) is 19.5 Å². The number of carbonyl (C=O) groups is 3. The number of aryl methyl sites for hydroxylation is 1. The van der Waals surface area contributed by atoms with Gasteiger partial charge in [0.1, 0.15) is 11.6 Å². The van der Waals surface area contributed by atoms with Crippen LogP contribution in [-0.4, -0.2) is 43.5 Å². The van der Waals surface area contributed by atoms with Crippen molar-refractivity contribution in [1.82, 2.24) is 14.5 Å². The third-order valence-electron chi connectivity index (χ3n) is 6.20. The number of nitrogens with two attached hydrogens (primary N) is 1. The van der Waals surface area contributed by atoms with Gasteiger partial charge < -0.3 is 20.7 Å². The molecule has 4 rings (SSSR count). The van der Waals surface area contributed by atoms with Crippen LogP contribution in [-0.2, 0) is 18.4 Å². The number of nitrogens with zero attached hydrogens (tertiary/aromatic N) is 4. The standard InChI is InChI=1S/C27H28N6O4/c1-3-20(15-25(34)35)33(23-6-4-5-13-29-23)27(37)18-9-12-22-21(14-18)31-24(32(22)2)16-30-19-10-7-17(8-11-19)26(28)36/h4-14,20,30H,3,15-16H2,1-2H3,(H2,28,36)(H,34,35). The molecule has 10 heteroatoms. The lowest BCUT2D eigenvalue weighted by molar-refractivity contribution is -0.137. The molecule has 0 aliphatic heterocycles. The first-order valence-corrected chi connectivity index (χ1v) is 11.8. The number of amides is 2. The molecule has 0 spiro atoms. The van der Waals surface area contributed by atoms with Crippen LogP contribution in [0.5, 0.6) is 0 Å². The number of hydrogen-bond acceptors (Lipinski definition) is 6. The summed E-state index contributed by atoms with van der Waals surface area (Å²) in [4.78, 5) is 46.9. The van der Waals surface area contributed by atoms with Crippen LogP contribution in [0.2, 0.25) is 0 Å². The quantitative estimate of drug-likeness (QED) is 0.302. The number of aliphatic carboxylic acids is 1. The lowest BCUT2D eigenvalue weighted by Gasteiger charge is -2.29. The average molecular weight is 501 g/mol. The average Bonchev–Trinajstić information content (AvgIpc) is 3.22. The van der Waals surface area contributed by atoms with E-state index in [1.165, 1.54) is 4.90 Å². The second-order valence-electron chi connectivity index (χ2n) is 8.61. The summed E-state index contributed by atoms with van der Waals surface area (Å²) in [6.07, 6.45) is 1.84. The zero-order valence-corrected chi connectivity index (χ0v) is 20.6. The molecule has 1 atom stereocenters. The minimum Gasteiger partial charge on any atom is -0.481 e. The molecule has 0 fully saturated rings. The van der Waals surface area contributed by atoms with E-state index in [-0.39, 0.29) is 12.3 Å². The summed E-state index contributed by atoms with van der Waals surface area (Å²) in [7, 11) is 1.89. The Morgan fingerprint density at radius 3 is 2.43 bits per heavy atom. The number of fused-ring (bicyclic) bond motifs is 1. The molecule has 37 heavy (non-hydrogen) atoms. The van der Waals surface area contributed by atoms with Crippen LogP contribution < -0.4 is 16.0 Å². The van der Waals surface area contributed by atoms with Gasteiger partial charge in [-0.1, -0.05) is 13.0 Å². The fourth-order valence-corrected chi connectivity index (χ4v) is 4.19. The highest BCUT2D eigenvalue weighted by atomic mass is 16.4. The maximum atomic E-state index is 13.7. The lowest BCUT2D eigenvalue weighted by atomic mass is 10.1. The van der Waals surface area contributed by atoms with Crippen molar-refractivity contribution in [2.24, 2.45) is 12.8 Å². The zero-order chi connectivity index (χ0) is 26.5. The summed E-state index contributed by atoms with van der Waals surface area (Å²) in [6.45, 7) is 2.26. The molecular formula is C27H28N6O4. The molecule has 0 saturated carbocycles. The first-order valence-electron chi connectivity index (χ1n) is 11.8. The van der Waals surface area contributed by atoms with Gasteiger partial charge >= 0.3 is 5.97 Å². The van der Waals surface area contributed by atoms with Crippen LogP contribution in [0.25, 0.3) is 11.0 Å². The number of primary amides is 1. The number of benzene rings is 2. The molecule has 0 radical (unpaired) electrons. The molecule has 0 aliphatic rings. The van der Waals surface area contributed by atoms with Gasteiger partial charge in [0.25, 0.3) is 5.91 Å². The minimum atomic E-state index is -0.984. The Morgan fingerprint density at radius 1 is 1.08 bits per heavy atom. The van der Waals surface area contributed by atoms with Gasteiger partial charge in [-0.25, -0.2) is 9.97 Å². The van der Waals surface area contributed by atoms with E-state index < -0.39 is 17.9 Å². The molecule has 2 aromatic carbocycles. The van der Waals surface area contributed by atoms with E-state index in [4.69, 9.17) is 10.7 Å². The Morgan fingerprint density at radius 2 is 1.81 bits per heavy atom. The van der Waals surface area contributed by atoms with Crippen molar-refractivity contribution >= 4 is 40.3 Å². The number of imidazole rings is 1. The third-order valence-corrected chi connectivity index (χ3v) is 6.20. The van der Waals surface area contributed by atoms with Crippen molar-refractivity contribution in [3.63, 3.8) is 0 Å². The predicted molar refractivity (Wildman–Crippen MR) is 140 cm³/mol. The Bertz CT molecular complexity index is 1430. The Balaban J connectivity index is 1.61. The molecule has 0 saturated heterocycles. The summed E-state index contributed by atoms with van der Waals surface area (Å²) < 4.78 is 1.93. The highest BCUT2D eigenvalue weighted by molar-refractivity contribution is 6.07. The number of carboxylic acids is 1. The van der Waals surface area contributed by atoms with Gasteiger partial charge in [0.05, 0.1) is 24.0 Å². The van der Waals surface area contributed by atoms with Gasteiger partial charge in [-0.2, -0.15) is 0 Å². The molecule has 2 amide bonds. The van der Waals surface area contributed by atoms with Gasteiger partial charge in [-0.15, -0.1) is 0 Å². The molecule has 0 bridgehead atoms. The van der Waals surface area contributed by atoms with Gasteiger partial charge in [0.2, 0.25) is 5.91 Å². The molecule has 4 aromatic rings. The molecule has 2 heterocycles. The number of pyridine rings is 1. The molecule has 190 valence electrons. The molecule has 2 aromatic heterocycles. The van der Waals surface area contributed by atoms with Gasteiger partial charge in [0, 0.05) is 36.1 Å². The number of anilines is 2. The maximum Gasteiger partial charge on any atom is 0.305 e.